The molecule has 4 nitrogen and oxygen atoms in total. The highest BCUT2D eigenvalue weighted by molar-refractivity contribution is 7.15. The number of amides is 1. The lowest BCUT2D eigenvalue weighted by atomic mass is 9.81. The molecule has 0 unspecified atom stereocenters. The van der Waals surface area contributed by atoms with E-state index in [4.69, 9.17) is 0 Å². The van der Waals surface area contributed by atoms with Crippen molar-refractivity contribution in [1.29, 1.82) is 0 Å². The molecule has 1 aromatic rings. The van der Waals surface area contributed by atoms with E-state index < -0.39 is 0 Å². The first-order chi connectivity index (χ1) is 14.5. The Hall–Kier alpha value is -1.64. The van der Waals surface area contributed by atoms with E-state index in [0.29, 0.717) is 23.6 Å². The molecule has 0 atom stereocenters. The zero-order valence-corrected chi connectivity index (χ0v) is 20.5. The van der Waals surface area contributed by atoms with E-state index in [-0.39, 0.29) is 35.2 Å². The minimum Gasteiger partial charge on any atom is -0.393 e. The van der Waals surface area contributed by atoms with Crippen LogP contribution in [-0.4, -0.2) is 28.9 Å². The lowest BCUT2D eigenvalue weighted by molar-refractivity contribution is -0.124. The maximum atomic E-state index is 13.8. The number of carbonyl (C=O) groups excluding carboxylic acids is 2. The molecule has 1 heterocycles. The average molecular weight is 444 g/mol. The normalized spacial score (nSPS) is 26.6. The van der Waals surface area contributed by atoms with E-state index in [1.165, 1.54) is 11.3 Å². The number of aliphatic hydroxyl groups is 1. The third-order valence-electron chi connectivity index (χ3n) is 6.49. The number of carbonyl (C=O) groups is 2. The average Bonchev–Trinajstić information content (AvgIpc) is 3.12. The van der Waals surface area contributed by atoms with Crippen LogP contribution in [0.4, 0.5) is 5.69 Å². The first-order valence-electron chi connectivity index (χ1n) is 11.7. The van der Waals surface area contributed by atoms with Gasteiger partial charge in [0.15, 0.2) is 5.78 Å². The molecule has 0 bridgehead atoms. The first-order valence-corrected chi connectivity index (χ1v) is 12.6. The highest BCUT2D eigenvalue weighted by atomic mass is 32.1. The van der Waals surface area contributed by atoms with E-state index in [1.807, 2.05) is 11.0 Å². The third kappa shape index (κ3) is 6.20. The molecule has 2 aliphatic carbocycles. The predicted molar refractivity (Wildman–Crippen MR) is 128 cm³/mol. The van der Waals surface area contributed by atoms with Gasteiger partial charge in [-0.3, -0.25) is 9.59 Å². The lowest BCUT2D eigenvalue weighted by Gasteiger charge is -2.39. The zero-order chi connectivity index (χ0) is 22.8. The molecule has 1 N–H and O–H groups in total. The predicted octanol–water partition coefficient (Wildman–Crippen LogP) is 5.81. The van der Waals surface area contributed by atoms with Gasteiger partial charge in [0, 0.05) is 24.3 Å². The smallest absolute Gasteiger partial charge is 0.230 e. The van der Waals surface area contributed by atoms with Crippen molar-refractivity contribution in [2.24, 2.45) is 17.3 Å². The van der Waals surface area contributed by atoms with Gasteiger partial charge < -0.3 is 10.0 Å². The van der Waals surface area contributed by atoms with Crippen molar-refractivity contribution >= 4 is 28.7 Å². The molecule has 31 heavy (non-hydrogen) atoms. The molecule has 3 rings (SSSR count). The number of hydrogen-bond donors (Lipinski definition) is 1. The molecule has 0 aliphatic heterocycles. The fourth-order valence-corrected chi connectivity index (χ4v) is 5.54. The fraction of sp³-hybridized carbons (Fsp3) is 0.692. The molecule has 0 saturated heterocycles. The van der Waals surface area contributed by atoms with E-state index in [1.54, 1.807) is 6.92 Å². The zero-order valence-electron chi connectivity index (χ0n) is 19.7. The van der Waals surface area contributed by atoms with Crippen LogP contribution in [0.5, 0.6) is 0 Å². The highest BCUT2D eigenvalue weighted by Gasteiger charge is 2.36. The van der Waals surface area contributed by atoms with Crippen LogP contribution in [0.25, 0.3) is 0 Å². The van der Waals surface area contributed by atoms with Gasteiger partial charge in [-0.25, -0.2) is 0 Å². The van der Waals surface area contributed by atoms with Crippen LogP contribution in [0.1, 0.15) is 101 Å². The largest absolute Gasteiger partial charge is 0.393 e. The Kier molecular flexibility index (Phi) is 7.65. The molecule has 5 heteroatoms. The standard InChI is InChI=1S/C26H37NO3S/c1-17-6-8-19(9-7-17)25(30)27(20-10-12-21(29)13-11-20)23-16-22(14-15-26(3,4)5)31-24(23)18(2)28/h16-17,19-21,29H,6-13H2,1-5H3/t17-,19-,20-,21+. The molecular formula is C26H37NO3S. The van der Waals surface area contributed by atoms with Crippen molar-refractivity contribution in [3.63, 3.8) is 0 Å². The van der Waals surface area contributed by atoms with Crippen LogP contribution in [0.15, 0.2) is 6.07 Å². The number of nitrogens with zero attached hydrogens (tertiary/aromatic N) is 1. The number of hydrogen-bond acceptors (Lipinski definition) is 4. The number of anilines is 1. The summed E-state index contributed by atoms with van der Waals surface area (Å²) < 4.78 is 0. The molecule has 1 amide bonds. The highest BCUT2D eigenvalue weighted by Crippen LogP contribution is 2.39. The molecule has 0 spiro atoms. The third-order valence-corrected chi connectivity index (χ3v) is 7.63. The Morgan fingerprint density at radius 1 is 1.06 bits per heavy atom. The summed E-state index contributed by atoms with van der Waals surface area (Å²) in [6.45, 7) is 10.0. The van der Waals surface area contributed by atoms with Crippen molar-refractivity contribution in [1.82, 2.24) is 0 Å². The van der Waals surface area contributed by atoms with Gasteiger partial charge >= 0.3 is 0 Å². The second-order valence-corrected chi connectivity index (χ2v) is 11.6. The van der Waals surface area contributed by atoms with Crippen LogP contribution in [-0.2, 0) is 4.79 Å². The Morgan fingerprint density at radius 2 is 1.68 bits per heavy atom. The van der Waals surface area contributed by atoms with E-state index in [2.05, 4.69) is 39.5 Å². The van der Waals surface area contributed by atoms with Crippen LogP contribution < -0.4 is 4.90 Å². The first kappa shape index (κ1) is 24.0. The van der Waals surface area contributed by atoms with Gasteiger partial charge in [-0.05, 0) is 84.1 Å². The van der Waals surface area contributed by atoms with Crippen LogP contribution in [0, 0.1) is 29.1 Å². The summed E-state index contributed by atoms with van der Waals surface area (Å²) >= 11 is 1.40. The molecule has 170 valence electrons. The van der Waals surface area contributed by atoms with E-state index in [9.17, 15) is 14.7 Å². The Bertz CT molecular complexity index is 853. The summed E-state index contributed by atoms with van der Waals surface area (Å²) in [5, 5.41) is 10.0. The van der Waals surface area contributed by atoms with Gasteiger partial charge in [0.05, 0.1) is 21.5 Å². The van der Waals surface area contributed by atoms with Gasteiger partial charge in [-0.1, -0.05) is 18.8 Å². The molecule has 2 aliphatic rings. The Labute approximate surface area is 191 Å². The minimum atomic E-state index is -0.285. The Balaban J connectivity index is 1.99. The number of rotatable bonds is 4. The quantitative estimate of drug-likeness (QED) is 0.472. The molecule has 2 saturated carbocycles. The SMILES string of the molecule is CC(=O)c1sc(C#CC(C)(C)C)cc1N(C(=O)[C@H]1CC[C@H](C)CC1)[C@H]1CC[C@@H](O)CC1. The van der Waals surface area contributed by atoms with Crippen molar-refractivity contribution in [2.45, 2.75) is 98.1 Å². The van der Waals surface area contributed by atoms with Crippen LogP contribution >= 0.6 is 11.3 Å². The summed E-state index contributed by atoms with van der Waals surface area (Å²) in [6, 6.07) is 1.99. The lowest BCUT2D eigenvalue weighted by Crippen LogP contribution is -2.47. The monoisotopic (exact) mass is 443 g/mol. The van der Waals surface area contributed by atoms with Crippen molar-refractivity contribution < 1.29 is 14.7 Å². The van der Waals surface area contributed by atoms with Gasteiger partial charge in [0.1, 0.15) is 0 Å². The maximum absolute atomic E-state index is 13.8. The molecule has 0 radical (unpaired) electrons. The minimum absolute atomic E-state index is 0.0188. The van der Waals surface area contributed by atoms with Crippen LogP contribution in [0.2, 0.25) is 0 Å². The van der Waals surface area contributed by atoms with Gasteiger partial charge in [0.2, 0.25) is 5.91 Å². The van der Waals surface area contributed by atoms with Gasteiger partial charge in [0.25, 0.3) is 0 Å². The van der Waals surface area contributed by atoms with Crippen molar-refractivity contribution in [3.05, 3.63) is 15.8 Å². The molecule has 1 aromatic heterocycles. The summed E-state index contributed by atoms with van der Waals surface area (Å²) in [7, 11) is 0. The molecule has 2 fully saturated rings. The fourth-order valence-electron chi connectivity index (χ4n) is 4.64. The summed E-state index contributed by atoms with van der Waals surface area (Å²) in [5.41, 5.74) is 0.606. The summed E-state index contributed by atoms with van der Waals surface area (Å²) in [4.78, 5) is 29.7. The van der Waals surface area contributed by atoms with Gasteiger partial charge in [-0.15, -0.1) is 11.3 Å². The maximum Gasteiger partial charge on any atom is 0.230 e. The van der Waals surface area contributed by atoms with Gasteiger partial charge in [-0.2, -0.15) is 0 Å². The summed E-state index contributed by atoms with van der Waals surface area (Å²) in [6.07, 6.45) is 6.66. The number of thiophene rings is 1. The number of Topliss-reactive ketones (excluding diaryl/α,β-unsaturated/α-hetero) is 1. The van der Waals surface area contributed by atoms with Crippen molar-refractivity contribution in [3.8, 4) is 11.8 Å². The molecular weight excluding hydrogens is 406 g/mol. The van der Waals surface area contributed by atoms with Crippen LogP contribution in [0.3, 0.4) is 0 Å². The second-order valence-electron chi connectivity index (χ2n) is 10.5. The number of ketones is 1. The Morgan fingerprint density at radius 3 is 2.23 bits per heavy atom. The topological polar surface area (TPSA) is 57.6 Å². The second kappa shape index (κ2) is 9.88. The summed E-state index contributed by atoms with van der Waals surface area (Å²) in [5.74, 6) is 7.31. The van der Waals surface area contributed by atoms with E-state index >= 15 is 0 Å². The van der Waals surface area contributed by atoms with E-state index in [0.717, 1.165) is 49.1 Å². The van der Waals surface area contributed by atoms with Crippen molar-refractivity contribution in [2.75, 3.05) is 4.90 Å². The molecule has 0 aromatic carbocycles. The number of aliphatic hydroxyl groups excluding tert-OH is 1.